The second kappa shape index (κ2) is 18.5. The summed E-state index contributed by atoms with van der Waals surface area (Å²) >= 11 is 0. The molecule has 0 aliphatic rings. The van der Waals surface area contributed by atoms with Gasteiger partial charge in [0.25, 0.3) is 0 Å². The Kier molecular flexibility index (Phi) is 17.6. The van der Waals surface area contributed by atoms with Crippen molar-refractivity contribution in [2.24, 2.45) is 0 Å². The molecule has 5 nitrogen and oxygen atoms in total. The van der Waals surface area contributed by atoms with Gasteiger partial charge in [-0.15, -0.1) is 0 Å². The zero-order valence-corrected chi connectivity index (χ0v) is 17.3. The molecule has 0 aromatic rings. The Hall–Kier alpha value is -1.26. The molecule has 5 heteroatoms. The Balaban J connectivity index is 4.14. The molecule has 0 rings (SSSR count). The second-order valence-corrected chi connectivity index (χ2v) is 6.97. The summed E-state index contributed by atoms with van der Waals surface area (Å²) in [5.41, 5.74) is 0. The lowest BCUT2D eigenvalue weighted by atomic mass is 10.0. The average Bonchev–Trinajstić information content (AvgIpc) is 2.63. The number of carbonyl (C=O) groups is 2. The fourth-order valence-electron chi connectivity index (χ4n) is 2.64. The minimum absolute atomic E-state index is 0.339. The molecule has 0 saturated heterocycles. The van der Waals surface area contributed by atoms with E-state index in [-0.39, 0.29) is 5.97 Å². The summed E-state index contributed by atoms with van der Waals surface area (Å²) in [5, 5.41) is 2.69. The molecule has 0 aromatic heterocycles. The first kappa shape index (κ1) is 24.7. The molecule has 1 unspecified atom stereocenters. The van der Waals surface area contributed by atoms with Gasteiger partial charge in [-0.2, -0.15) is 0 Å². The number of esters is 1. The van der Waals surface area contributed by atoms with Gasteiger partial charge in [0, 0.05) is 0 Å². The van der Waals surface area contributed by atoms with Gasteiger partial charge >= 0.3 is 12.1 Å². The van der Waals surface area contributed by atoms with Crippen LogP contribution in [0.15, 0.2) is 0 Å². The molecule has 1 atom stereocenters. The van der Waals surface area contributed by atoms with Gasteiger partial charge in [-0.05, 0) is 19.3 Å². The van der Waals surface area contributed by atoms with Crippen molar-refractivity contribution in [3.63, 3.8) is 0 Å². The van der Waals surface area contributed by atoms with E-state index >= 15 is 0 Å². The van der Waals surface area contributed by atoms with Crippen molar-refractivity contribution in [3.05, 3.63) is 0 Å². The third-order valence-electron chi connectivity index (χ3n) is 4.40. The zero-order valence-electron chi connectivity index (χ0n) is 17.3. The van der Waals surface area contributed by atoms with Gasteiger partial charge in [-0.3, -0.25) is 0 Å². The Morgan fingerprint density at radius 3 is 1.77 bits per heavy atom. The Morgan fingerprint density at radius 2 is 1.19 bits per heavy atom. The van der Waals surface area contributed by atoms with Crippen LogP contribution < -0.4 is 5.32 Å². The standard InChI is InChI=1S/C21H41NO4/c1-4-7-10-11-12-13-14-15-16-19(20(23)25-17-8-5-2)22-21(24)26-18-9-6-3/h19H,4-18H2,1-3H3,(H,22,24). The molecule has 0 heterocycles. The van der Waals surface area contributed by atoms with Crippen LogP contribution in [0.2, 0.25) is 0 Å². The molecule has 0 fully saturated rings. The van der Waals surface area contributed by atoms with Crippen molar-refractivity contribution in [3.8, 4) is 0 Å². The molecule has 1 N–H and O–H groups in total. The van der Waals surface area contributed by atoms with E-state index in [1.54, 1.807) is 0 Å². The number of hydrogen-bond donors (Lipinski definition) is 1. The van der Waals surface area contributed by atoms with Gasteiger partial charge < -0.3 is 14.8 Å². The first-order valence-corrected chi connectivity index (χ1v) is 10.8. The molecule has 0 spiro atoms. The number of rotatable bonds is 17. The maximum Gasteiger partial charge on any atom is 0.407 e. The highest BCUT2D eigenvalue weighted by atomic mass is 16.6. The summed E-state index contributed by atoms with van der Waals surface area (Å²) in [6, 6.07) is -0.596. The maximum absolute atomic E-state index is 12.2. The lowest BCUT2D eigenvalue weighted by Gasteiger charge is -2.17. The SMILES string of the molecule is CCCCCCCCCCC(NC(=O)OCCCC)C(=O)OCCCC. The Labute approximate surface area is 160 Å². The van der Waals surface area contributed by atoms with Crippen LogP contribution in [0.4, 0.5) is 4.79 Å². The predicted molar refractivity (Wildman–Crippen MR) is 106 cm³/mol. The summed E-state index contributed by atoms with van der Waals surface area (Å²) in [6.07, 6.45) is 13.3. The third kappa shape index (κ3) is 15.0. The Morgan fingerprint density at radius 1 is 0.692 bits per heavy atom. The summed E-state index contributed by atoms with van der Waals surface area (Å²) in [4.78, 5) is 24.1. The Bertz CT molecular complexity index is 347. The molecule has 0 bridgehead atoms. The highest BCUT2D eigenvalue weighted by Crippen LogP contribution is 2.11. The van der Waals surface area contributed by atoms with Crippen molar-refractivity contribution in [2.75, 3.05) is 13.2 Å². The largest absolute Gasteiger partial charge is 0.464 e. The number of alkyl carbamates (subject to hydrolysis) is 1. The summed E-state index contributed by atoms with van der Waals surface area (Å²) in [6.45, 7) is 7.11. The number of amides is 1. The quantitative estimate of drug-likeness (QED) is 0.261. The van der Waals surface area contributed by atoms with Crippen LogP contribution in [-0.4, -0.2) is 31.3 Å². The van der Waals surface area contributed by atoms with Crippen molar-refractivity contribution < 1.29 is 19.1 Å². The first-order valence-electron chi connectivity index (χ1n) is 10.8. The second-order valence-electron chi connectivity index (χ2n) is 6.97. The van der Waals surface area contributed by atoms with Gasteiger partial charge in [0.2, 0.25) is 0 Å². The molecular weight excluding hydrogens is 330 g/mol. The van der Waals surface area contributed by atoms with Crippen LogP contribution in [0.25, 0.3) is 0 Å². The maximum atomic E-state index is 12.2. The number of unbranched alkanes of at least 4 members (excludes halogenated alkanes) is 9. The van der Waals surface area contributed by atoms with Crippen molar-refractivity contribution in [1.29, 1.82) is 0 Å². The molecule has 0 saturated carbocycles. The van der Waals surface area contributed by atoms with E-state index < -0.39 is 12.1 Å². The third-order valence-corrected chi connectivity index (χ3v) is 4.40. The number of nitrogens with one attached hydrogen (secondary N) is 1. The summed E-state index contributed by atoms with van der Waals surface area (Å²) in [5.74, 6) is -0.339. The van der Waals surface area contributed by atoms with Gasteiger partial charge in [0.15, 0.2) is 0 Å². The van der Waals surface area contributed by atoms with Crippen molar-refractivity contribution in [1.82, 2.24) is 5.32 Å². The fraction of sp³-hybridized carbons (Fsp3) is 0.905. The van der Waals surface area contributed by atoms with E-state index in [1.165, 1.54) is 38.5 Å². The average molecular weight is 372 g/mol. The van der Waals surface area contributed by atoms with E-state index in [1.807, 2.05) is 6.92 Å². The van der Waals surface area contributed by atoms with E-state index in [4.69, 9.17) is 9.47 Å². The van der Waals surface area contributed by atoms with Crippen molar-refractivity contribution >= 4 is 12.1 Å². The molecule has 0 radical (unpaired) electrons. The van der Waals surface area contributed by atoms with Gasteiger partial charge in [-0.25, -0.2) is 9.59 Å². The monoisotopic (exact) mass is 371 g/mol. The van der Waals surface area contributed by atoms with Crippen LogP contribution in [0.5, 0.6) is 0 Å². The van der Waals surface area contributed by atoms with E-state index in [0.717, 1.165) is 38.5 Å². The molecule has 0 aliphatic carbocycles. The number of ether oxygens (including phenoxy) is 2. The van der Waals surface area contributed by atoms with E-state index in [2.05, 4.69) is 19.2 Å². The lowest BCUT2D eigenvalue weighted by molar-refractivity contribution is -0.146. The van der Waals surface area contributed by atoms with Crippen LogP contribution >= 0.6 is 0 Å². The smallest absolute Gasteiger partial charge is 0.407 e. The first-order chi connectivity index (χ1) is 12.7. The molecule has 0 aromatic carbocycles. The van der Waals surface area contributed by atoms with Crippen molar-refractivity contribution in [2.45, 2.75) is 110 Å². The van der Waals surface area contributed by atoms with Gasteiger partial charge in [0.05, 0.1) is 13.2 Å². The minimum atomic E-state index is -0.596. The highest BCUT2D eigenvalue weighted by molar-refractivity contribution is 5.81. The van der Waals surface area contributed by atoms with Gasteiger partial charge in [0.1, 0.15) is 6.04 Å². The van der Waals surface area contributed by atoms with Gasteiger partial charge in [-0.1, -0.05) is 85.0 Å². The molecular formula is C21H41NO4. The van der Waals surface area contributed by atoms with Crippen LogP contribution in [0, 0.1) is 0 Å². The molecule has 0 aliphatic heterocycles. The highest BCUT2D eigenvalue weighted by Gasteiger charge is 2.22. The molecule has 1 amide bonds. The fourth-order valence-corrected chi connectivity index (χ4v) is 2.64. The number of hydrogen-bond acceptors (Lipinski definition) is 4. The van der Waals surface area contributed by atoms with E-state index in [9.17, 15) is 9.59 Å². The normalized spacial score (nSPS) is 11.8. The van der Waals surface area contributed by atoms with Crippen LogP contribution in [-0.2, 0) is 14.3 Å². The topological polar surface area (TPSA) is 64.6 Å². The molecule has 26 heavy (non-hydrogen) atoms. The molecule has 154 valence electrons. The zero-order chi connectivity index (χ0) is 19.5. The summed E-state index contributed by atoms with van der Waals surface area (Å²) in [7, 11) is 0. The van der Waals surface area contributed by atoms with Crippen LogP contribution in [0.3, 0.4) is 0 Å². The van der Waals surface area contributed by atoms with Crippen LogP contribution in [0.1, 0.15) is 104 Å². The summed E-state index contributed by atoms with van der Waals surface area (Å²) < 4.78 is 10.4. The number of carbonyl (C=O) groups excluding carboxylic acids is 2. The lowest BCUT2D eigenvalue weighted by Crippen LogP contribution is -2.42. The predicted octanol–water partition coefficient (Wildman–Crippen LogP) is 5.76. The van der Waals surface area contributed by atoms with E-state index in [0.29, 0.717) is 19.6 Å². The minimum Gasteiger partial charge on any atom is -0.464 e.